The van der Waals surface area contributed by atoms with Crippen LogP contribution in [-0.4, -0.2) is 0 Å². The van der Waals surface area contributed by atoms with Crippen LogP contribution in [0.25, 0.3) is 40.4 Å². The fourth-order valence-electron chi connectivity index (χ4n) is 7.43. The standard InChI is InChI=1S/C39H48S3/c1-5-7-9-11-13-15-21-39(22-16-14-12-10-8-6-2)32-23-27(3)17-19-30(32)31-20-18-29(25-33(31)39)34-26-36-38(42-34)37-35(41-36)24-28(4)40-37/h17-20,23-26H,5-16,21-22H2,1-4H3. The summed E-state index contributed by atoms with van der Waals surface area (Å²) in [6.07, 6.45) is 18.9. The topological polar surface area (TPSA) is 0 Å². The molecule has 2 aromatic carbocycles. The molecule has 5 aromatic rings. The van der Waals surface area contributed by atoms with Crippen LogP contribution in [0.3, 0.4) is 0 Å². The van der Waals surface area contributed by atoms with E-state index in [0.29, 0.717) is 0 Å². The zero-order valence-electron chi connectivity index (χ0n) is 26.2. The Balaban J connectivity index is 1.37. The molecule has 1 aliphatic rings. The van der Waals surface area contributed by atoms with E-state index < -0.39 is 0 Å². The molecule has 0 unspecified atom stereocenters. The lowest BCUT2D eigenvalue weighted by molar-refractivity contribution is 0.398. The Morgan fingerprint density at radius 3 is 1.81 bits per heavy atom. The smallest absolute Gasteiger partial charge is 0.0636 e. The molecule has 0 spiro atoms. The monoisotopic (exact) mass is 612 g/mol. The second-order valence-electron chi connectivity index (χ2n) is 12.9. The highest BCUT2D eigenvalue weighted by Gasteiger charge is 2.42. The van der Waals surface area contributed by atoms with E-state index in [2.05, 4.69) is 76.2 Å². The number of benzene rings is 2. The van der Waals surface area contributed by atoms with Gasteiger partial charge in [-0.15, -0.1) is 34.0 Å². The summed E-state index contributed by atoms with van der Waals surface area (Å²) in [5.41, 5.74) is 9.22. The Morgan fingerprint density at radius 2 is 1.12 bits per heavy atom. The van der Waals surface area contributed by atoms with E-state index in [4.69, 9.17) is 0 Å². The molecule has 3 heteroatoms. The van der Waals surface area contributed by atoms with Crippen molar-refractivity contribution in [1.82, 2.24) is 0 Å². The molecule has 0 amide bonds. The van der Waals surface area contributed by atoms with Crippen molar-refractivity contribution in [3.8, 4) is 21.6 Å². The lowest BCUT2D eigenvalue weighted by Gasteiger charge is -2.33. The Morgan fingerprint density at radius 1 is 0.548 bits per heavy atom. The van der Waals surface area contributed by atoms with Crippen molar-refractivity contribution in [2.75, 3.05) is 0 Å². The third kappa shape index (κ3) is 5.91. The zero-order valence-corrected chi connectivity index (χ0v) is 28.7. The number of hydrogen-bond donors (Lipinski definition) is 0. The third-order valence-electron chi connectivity index (χ3n) is 9.66. The molecule has 0 saturated heterocycles. The minimum absolute atomic E-state index is 0.148. The van der Waals surface area contributed by atoms with E-state index in [9.17, 15) is 0 Å². The van der Waals surface area contributed by atoms with Crippen molar-refractivity contribution in [3.05, 3.63) is 70.1 Å². The number of rotatable bonds is 15. The fourth-order valence-corrected chi connectivity index (χ4v) is 11.4. The molecule has 3 aromatic heterocycles. The van der Waals surface area contributed by atoms with Gasteiger partial charge in [0.15, 0.2) is 0 Å². The molecule has 42 heavy (non-hydrogen) atoms. The largest absolute Gasteiger partial charge is 0.138 e. The SMILES string of the molecule is CCCCCCCCC1(CCCCCCCC)c2cc(C)ccc2-c2ccc(-c3cc4sc5cc(C)sc5c4s3)cc21. The fraction of sp³-hybridized carbons (Fsp3) is 0.487. The molecule has 6 rings (SSSR count). The normalized spacial score (nSPS) is 13.8. The molecule has 0 bridgehead atoms. The molecule has 0 atom stereocenters. The average Bonchev–Trinajstić information content (AvgIpc) is 3.71. The lowest BCUT2D eigenvalue weighted by atomic mass is 9.70. The van der Waals surface area contributed by atoms with Gasteiger partial charge in [0.2, 0.25) is 0 Å². The van der Waals surface area contributed by atoms with E-state index in [0.717, 1.165) is 0 Å². The van der Waals surface area contributed by atoms with Crippen molar-refractivity contribution in [2.45, 2.75) is 123 Å². The van der Waals surface area contributed by atoms with Crippen molar-refractivity contribution < 1.29 is 0 Å². The van der Waals surface area contributed by atoms with Gasteiger partial charge < -0.3 is 0 Å². The maximum Gasteiger partial charge on any atom is 0.0636 e. The van der Waals surface area contributed by atoms with Gasteiger partial charge in [-0.3, -0.25) is 0 Å². The Hall–Kier alpha value is -1.94. The van der Waals surface area contributed by atoms with Gasteiger partial charge in [0.05, 0.1) is 9.40 Å². The Labute approximate surface area is 266 Å². The Bertz CT molecular complexity index is 1630. The molecule has 0 nitrogen and oxygen atoms in total. The predicted octanol–water partition coefficient (Wildman–Crippen LogP) is 14.2. The van der Waals surface area contributed by atoms with Crippen LogP contribution < -0.4 is 0 Å². The van der Waals surface area contributed by atoms with Gasteiger partial charge in [-0.25, -0.2) is 0 Å². The van der Waals surface area contributed by atoms with Gasteiger partial charge in [-0.1, -0.05) is 127 Å². The molecule has 222 valence electrons. The van der Waals surface area contributed by atoms with Gasteiger partial charge >= 0.3 is 0 Å². The Kier molecular flexibility index (Phi) is 9.58. The van der Waals surface area contributed by atoms with Crippen molar-refractivity contribution >= 4 is 52.8 Å². The summed E-state index contributed by atoms with van der Waals surface area (Å²) < 4.78 is 5.91. The van der Waals surface area contributed by atoms with Crippen LogP contribution in [0.1, 0.15) is 125 Å². The van der Waals surface area contributed by atoms with E-state index in [1.54, 1.807) is 11.1 Å². The first-order valence-electron chi connectivity index (χ1n) is 16.7. The highest BCUT2D eigenvalue weighted by atomic mass is 32.1. The van der Waals surface area contributed by atoms with Gasteiger partial charge in [-0.2, -0.15) is 0 Å². The van der Waals surface area contributed by atoms with E-state index >= 15 is 0 Å². The number of hydrogen-bond acceptors (Lipinski definition) is 3. The summed E-state index contributed by atoms with van der Waals surface area (Å²) >= 11 is 5.95. The molecular weight excluding hydrogens is 565 g/mol. The van der Waals surface area contributed by atoms with Gasteiger partial charge in [-0.05, 0) is 72.7 Å². The highest BCUT2D eigenvalue weighted by Crippen LogP contribution is 2.56. The molecule has 3 heterocycles. The number of unbranched alkanes of at least 4 members (excludes halogenated alkanes) is 10. The van der Waals surface area contributed by atoms with E-state index in [-0.39, 0.29) is 5.41 Å². The average molecular weight is 613 g/mol. The first kappa shape index (κ1) is 30.1. The summed E-state index contributed by atoms with van der Waals surface area (Å²) in [7, 11) is 0. The van der Waals surface area contributed by atoms with Crippen molar-refractivity contribution in [1.29, 1.82) is 0 Å². The van der Waals surface area contributed by atoms with Crippen LogP contribution in [0, 0.1) is 13.8 Å². The minimum Gasteiger partial charge on any atom is -0.138 e. The summed E-state index contributed by atoms with van der Waals surface area (Å²) in [5, 5.41) is 0. The highest BCUT2D eigenvalue weighted by molar-refractivity contribution is 7.39. The summed E-state index contributed by atoms with van der Waals surface area (Å²) in [6.45, 7) is 9.18. The van der Waals surface area contributed by atoms with Gasteiger partial charge in [0.1, 0.15) is 0 Å². The van der Waals surface area contributed by atoms with Gasteiger partial charge in [0.25, 0.3) is 0 Å². The molecular formula is C39H48S3. The predicted molar refractivity (Wildman–Crippen MR) is 192 cm³/mol. The van der Waals surface area contributed by atoms with Crippen molar-refractivity contribution in [2.24, 2.45) is 0 Å². The van der Waals surface area contributed by atoms with Crippen molar-refractivity contribution in [3.63, 3.8) is 0 Å². The van der Waals surface area contributed by atoms with Crippen LogP contribution in [0.15, 0.2) is 48.5 Å². The molecule has 0 fully saturated rings. The first-order chi connectivity index (χ1) is 20.5. The van der Waals surface area contributed by atoms with E-state index in [1.165, 1.54) is 141 Å². The zero-order chi connectivity index (χ0) is 29.1. The second kappa shape index (κ2) is 13.4. The number of fused-ring (bicyclic) bond motifs is 6. The second-order valence-corrected chi connectivity index (χ2v) is 16.3. The maximum atomic E-state index is 2.63. The third-order valence-corrected chi connectivity index (χ3v) is 13.4. The molecule has 0 radical (unpaired) electrons. The minimum atomic E-state index is 0.148. The molecule has 0 aliphatic heterocycles. The summed E-state index contributed by atoms with van der Waals surface area (Å²) in [5.74, 6) is 0. The summed E-state index contributed by atoms with van der Waals surface area (Å²) in [6, 6.07) is 19.7. The van der Waals surface area contributed by atoms with Crippen LogP contribution >= 0.6 is 34.0 Å². The molecule has 0 N–H and O–H groups in total. The van der Waals surface area contributed by atoms with Crippen LogP contribution in [0.4, 0.5) is 0 Å². The van der Waals surface area contributed by atoms with Crippen LogP contribution in [-0.2, 0) is 5.41 Å². The van der Waals surface area contributed by atoms with Crippen LogP contribution in [0.5, 0.6) is 0 Å². The molecule has 0 saturated carbocycles. The van der Waals surface area contributed by atoms with Gasteiger partial charge in [0, 0.05) is 24.6 Å². The number of thiophene rings is 3. The van der Waals surface area contributed by atoms with Crippen LogP contribution in [0.2, 0.25) is 0 Å². The maximum absolute atomic E-state index is 2.63. The van der Waals surface area contributed by atoms with E-state index in [1.807, 2.05) is 34.0 Å². The molecule has 1 aliphatic carbocycles. The quantitative estimate of drug-likeness (QED) is 0.103. The number of aryl methyl sites for hydroxylation is 2. The first-order valence-corrected chi connectivity index (χ1v) is 19.2. The lowest BCUT2D eigenvalue weighted by Crippen LogP contribution is -2.25. The summed E-state index contributed by atoms with van der Waals surface area (Å²) in [4.78, 5) is 2.86.